The Kier molecular flexibility index (Phi) is 7.27. The summed E-state index contributed by atoms with van der Waals surface area (Å²) in [6.07, 6.45) is 3.48. The lowest BCUT2D eigenvalue weighted by Crippen LogP contribution is -2.13. The van der Waals surface area contributed by atoms with E-state index in [2.05, 4.69) is 20.6 Å². The van der Waals surface area contributed by atoms with Crippen LogP contribution in [0.3, 0.4) is 0 Å². The van der Waals surface area contributed by atoms with Crippen molar-refractivity contribution in [3.63, 3.8) is 0 Å². The van der Waals surface area contributed by atoms with E-state index < -0.39 is 0 Å². The minimum atomic E-state index is -0.0967. The molecule has 0 unspecified atom stereocenters. The van der Waals surface area contributed by atoms with Crippen molar-refractivity contribution in [2.75, 3.05) is 10.6 Å². The Hall–Kier alpha value is -3.54. The summed E-state index contributed by atoms with van der Waals surface area (Å²) in [5.41, 5.74) is 4.21. The lowest BCUT2D eigenvalue weighted by Gasteiger charge is -2.13. The summed E-state index contributed by atoms with van der Waals surface area (Å²) in [5.74, 6) is 0.660. The number of hydrogen-bond acceptors (Lipinski definition) is 5. The van der Waals surface area contributed by atoms with Crippen LogP contribution in [0.5, 0.6) is 0 Å². The largest absolute Gasteiger partial charge is 0.340 e. The molecule has 0 aliphatic heterocycles. The van der Waals surface area contributed by atoms with Crippen molar-refractivity contribution >= 4 is 28.9 Å². The predicted octanol–water partition coefficient (Wildman–Crippen LogP) is 5.08. The number of nitrogens with zero attached hydrogens (tertiary/aromatic N) is 2. The van der Waals surface area contributed by atoms with E-state index in [9.17, 15) is 9.59 Å². The molecule has 0 saturated heterocycles. The smallest absolute Gasteiger partial charge is 0.224 e. The van der Waals surface area contributed by atoms with E-state index in [1.54, 1.807) is 12.1 Å². The molecule has 3 rings (SSSR count). The third-order valence-corrected chi connectivity index (χ3v) is 4.74. The number of amides is 1. The Balaban J connectivity index is 1.58. The zero-order valence-corrected chi connectivity index (χ0v) is 17.3. The molecule has 0 spiro atoms. The quantitative estimate of drug-likeness (QED) is 0.488. The van der Waals surface area contributed by atoms with E-state index in [1.165, 1.54) is 6.33 Å². The van der Waals surface area contributed by atoms with Gasteiger partial charge in [-0.2, -0.15) is 0 Å². The maximum atomic E-state index is 12.4. The molecule has 0 bridgehead atoms. The molecule has 6 heteroatoms. The van der Waals surface area contributed by atoms with E-state index in [0.29, 0.717) is 30.6 Å². The fraction of sp³-hybridized carbons (Fsp3) is 0.250. The number of anilines is 3. The first-order chi connectivity index (χ1) is 14.5. The van der Waals surface area contributed by atoms with Gasteiger partial charge in [0.05, 0.1) is 0 Å². The summed E-state index contributed by atoms with van der Waals surface area (Å²) in [4.78, 5) is 32.9. The van der Waals surface area contributed by atoms with E-state index in [-0.39, 0.29) is 11.7 Å². The molecular weight excluding hydrogens is 376 g/mol. The molecule has 0 radical (unpaired) electrons. The lowest BCUT2D eigenvalue weighted by molar-refractivity contribution is -0.116. The van der Waals surface area contributed by atoms with E-state index >= 15 is 0 Å². The first-order valence-corrected chi connectivity index (χ1v) is 10.1. The van der Waals surface area contributed by atoms with Crippen molar-refractivity contribution < 1.29 is 9.59 Å². The molecule has 1 aromatic heterocycles. The van der Waals surface area contributed by atoms with Crippen molar-refractivity contribution in [3.8, 4) is 0 Å². The zero-order chi connectivity index (χ0) is 21.3. The summed E-state index contributed by atoms with van der Waals surface area (Å²) in [6, 6.07) is 16.9. The normalized spacial score (nSPS) is 10.5. The highest BCUT2D eigenvalue weighted by Gasteiger charge is 2.10. The minimum absolute atomic E-state index is 0.0592. The zero-order valence-electron chi connectivity index (χ0n) is 17.3. The van der Waals surface area contributed by atoms with Crippen LogP contribution in [0.4, 0.5) is 17.2 Å². The van der Waals surface area contributed by atoms with Gasteiger partial charge < -0.3 is 10.6 Å². The third kappa shape index (κ3) is 5.98. The van der Waals surface area contributed by atoms with Crippen molar-refractivity contribution in [2.45, 2.75) is 39.5 Å². The molecule has 1 amide bonds. The molecule has 30 heavy (non-hydrogen) atoms. The highest BCUT2D eigenvalue weighted by molar-refractivity contribution is 5.97. The molecule has 0 aliphatic rings. The topological polar surface area (TPSA) is 84.0 Å². The van der Waals surface area contributed by atoms with Crippen LogP contribution in [0, 0.1) is 6.92 Å². The van der Waals surface area contributed by atoms with E-state index in [4.69, 9.17) is 0 Å². The van der Waals surface area contributed by atoms with Gasteiger partial charge in [-0.3, -0.25) is 9.59 Å². The second-order valence-electron chi connectivity index (χ2n) is 7.09. The maximum absolute atomic E-state index is 12.4. The Morgan fingerprint density at radius 1 is 0.967 bits per heavy atom. The summed E-state index contributed by atoms with van der Waals surface area (Å²) in [7, 11) is 0. The van der Waals surface area contributed by atoms with Crippen LogP contribution in [0.2, 0.25) is 0 Å². The van der Waals surface area contributed by atoms with Gasteiger partial charge >= 0.3 is 0 Å². The van der Waals surface area contributed by atoms with Gasteiger partial charge in [0, 0.05) is 41.5 Å². The molecule has 2 N–H and O–H groups in total. The second-order valence-corrected chi connectivity index (χ2v) is 7.09. The van der Waals surface area contributed by atoms with Gasteiger partial charge in [-0.1, -0.05) is 43.3 Å². The molecule has 2 aromatic carbocycles. The van der Waals surface area contributed by atoms with Gasteiger partial charge in [0.1, 0.15) is 12.1 Å². The van der Waals surface area contributed by atoms with E-state index in [0.717, 1.165) is 29.1 Å². The number of aryl methyl sites for hydroxylation is 2. The van der Waals surface area contributed by atoms with Crippen molar-refractivity contribution in [1.82, 2.24) is 9.97 Å². The monoisotopic (exact) mass is 402 g/mol. The molecular formula is C24H26N4O2. The number of nitrogens with one attached hydrogen (secondary N) is 2. The van der Waals surface area contributed by atoms with Gasteiger partial charge in [-0.15, -0.1) is 0 Å². The number of rotatable bonds is 9. The number of hydrogen-bond donors (Lipinski definition) is 2. The highest BCUT2D eigenvalue weighted by atomic mass is 16.1. The van der Waals surface area contributed by atoms with Crippen molar-refractivity contribution in [3.05, 3.63) is 77.7 Å². The number of Topliss-reactive ketones (excluding diaryl/α,β-unsaturated/α-hetero) is 1. The van der Waals surface area contributed by atoms with Crippen LogP contribution < -0.4 is 10.6 Å². The number of benzene rings is 2. The average Bonchev–Trinajstić information content (AvgIpc) is 2.74. The molecule has 3 aromatic rings. The second kappa shape index (κ2) is 10.3. The average molecular weight is 402 g/mol. The molecule has 1 heterocycles. The number of aromatic nitrogens is 2. The first-order valence-electron chi connectivity index (χ1n) is 10.1. The molecule has 0 fully saturated rings. The summed E-state index contributed by atoms with van der Waals surface area (Å²) >= 11 is 0. The minimum Gasteiger partial charge on any atom is -0.340 e. The number of carbonyl (C=O) groups is 2. The predicted molar refractivity (Wildman–Crippen MR) is 119 cm³/mol. The summed E-state index contributed by atoms with van der Waals surface area (Å²) < 4.78 is 0. The fourth-order valence-electron chi connectivity index (χ4n) is 3.14. The van der Waals surface area contributed by atoms with Gasteiger partial charge in [-0.05, 0) is 37.5 Å². The molecule has 154 valence electrons. The lowest BCUT2D eigenvalue weighted by atomic mass is 10.1. The van der Waals surface area contributed by atoms with Crippen LogP contribution >= 0.6 is 0 Å². The Morgan fingerprint density at radius 2 is 1.77 bits per heavy atom. The van der Waals surface area contributed by atoms with Crippen LogP contribution in [-0.2, 0) is 11.2 Å². The van der Waals surface area contributed by atoms with Gasteiger partial charge in [0.15, 0.2) is 5.78 Å². The molecule has 6 nitrogen and oxygen atoms in total. The number of ketones is 1. The first kappa shape index (κ1) is 21.2. The standard InChI is InChI=1S/C24H26N4O2/c1-3-18-12-13-20(27-23-14-17(2)25-16-26-23)15-21(18)28-24(30)11-7-10-22(29)19-8-5-4-6-9-19/h4-6,8-9,12-16H,3,7,10-11H2,1-2H3,(H,28,30)(H,25,26,27). The Morgan fingerprint density at radius 3 is 2.50 bits per heavy atom. The van der Waals surface area contributed by atoms with Crippen LogP contribution in [0.1, 0.15) is 47.8 Å². The number of carbonyl (C=O) groups excluding carboxylic acids is 2. The fourth-order valence-corrected chi connectivity index (χ4v) is 3.14. The van der Waals surface area contributed by atoms with Gasteiger partial charge in [0.2, 0.25) is 5.91 Å². The van der Waals surface area contributed by atoms with Crippen LogP contribution in [-0.4, -0.2) is 21.7 Å². The van der Waals surface area contributed by atoms with Crippen molar-refractivity contribution in [1.29, 1.82) is 0 Å². The molecule has 0 saturated carbocycles. The van der Waals surface area contributed by atoms with Gasteiger partial charge in [-0.25, -0.2) is 9.97 Å². The van der Waals surface area contributed by atoms with Gasteiger partial charge in [0.25, 0.3) is 0 Å². The maximum Gasteiger partial charge on any atom is 0.224 e. The molecule has 0 aliphatic carbocycles. The van der Waals surface area contributed by atoms with Crippen LogP contribution in [0.15, 0.2) is 60.9 Å². The third-order valence-electron chi connectivity index (χ3n) is 4.74. The van der Waals surface area contributed by atoms with E-state index in [1.807, 2.05) is 56.3 Å². The van der Waals surface area contributed by atoms with Crippen LogP contribution in [0.25, 0.3) is 0 Å². The molecule has 0 atom stereocenters. The van der Waals surface area contributed by atoms with Crippen molar-refractivity contribution in [2.24, 2.45) is 0 Å². The Bertz CT molecular complexity index is 1020. The Labute approximate surface area is 176 Å². The summed E-state index contributed by atoms with van der Waals surface area (Å²) in [5, 5.41) is 6.23. The highest BCUT2D eigenvalue weighted by Crippen LogP contribution is 2.24. The SMILES string of the molecule is CCc1ccc(Nc2cc(C)ncn2)cc1NC(=O)CCCC(=O)c1ccccc1. The summed E-state index contributed by atoms with van der Waals surface area (Å²) in [6.45, 7) is 3.95.